The molecule has 0 spiro atoms. The maximum Gasteiger partial charge on any atom is 0.246 e. The lowest BCUT2D eigenvalue weighted by Crippen LogP contribution is -2.55. The van der Waals surface area contributed by atoms with Gasteiger partial charge in [-0.05, 0) is 50.1 Å². The van der Waals surface area contributed by atoms with Crippen molar-refractivity contribution in [3.63, 3.8) is 0 Å². The Labute approximate surface area is 203 Å². The van der Waals surface area contributed by atoms with Crippen molar-refractivity contribution in [2.75, 3.05) is 38.0 Å². The lowest BCUT2D eigenvalue weighted by molar-refractivity contribution is -0.133. The van der Waals surface area contributed by atoms with Gasteiger partial charge in [0, 0.05) is 49.7 Å². The summed E-state index contributed by atoms with van der Waals surface area (Å²) in [6, 6.07) is 8.41. The quantitative estimate of drug-likeness (QED) is 0.671. The number of benzene rings is 1. The Morgan fingerprint density at radius 2 is 2.12 bits per heavy atom. The number of hydrogen-bond acceptors (Lipinski definition) is 6. The predicted molar refractivity (Wildman–Crippen MR) is 127 cm³/mol. The van der Waals surface area contributed by atoms with Gasteiger partial charge < -0.3 is 19.9 Å². The Hall–Kier alpha value is -2.75. The van der Waals surface area contributed by atoms with Crippen LogP contribution >= 0.6 is 11.6 Å². The number of rotatable bonds is 5. The summed E-state index contributed by atoms with van der Waals surface area (Å²) in [5.41, 5.74) is 1.26. The van der Waals surface area contributed by atoms with E-state index in [1.165, 1.54) is 6.07 Å². The predicted octanol–water partition coefficient (Wildman–Crippen LogP) is 2.55. The maximum absolute atomic E-state index is 13.5. The number of nitrogens with one attached hydrogen (secondary N) is 2. The molecule has 2 atom stereocenters. The van der Waals surface area contributed by atoms with E-state index in [-0.39, 0.29) is 49.2 Å². The lowest BCUT2D eigenvalue weighted by Gasteiger charge is -2.41. The molecule has 1 aromatic heterocycles. The van der Waals surface area contributed by atoms with Gasteiger partial charge in [0.2, 0.25) is 11.8 Å². The van der Waals surface area contributed by atoms with Crippen molar-refractivity contribution >= 4 is 29.1 Å². The molecule has 182 valence electrons. The average molecular weight is 490 g/mol. The van der Waals surface area contributed by atoms with Crippen molar-refractivity contribution in [1.29, 1.82) is 0 Å². The molecule has 10 heteroatoms. The number of ether oxygens (including phenoxy) is 1. The van der Waals surface area contributed by atoms with E-state index in [9.17, 15) is 14.0 Å². The highest BCUT2D eigenvalue weighted by atomic mass is 35.5. The fourth-order valence-electron chi connectivity index (χ4n) is 4.56. The zero-order valence-corrected chi connectivity index (χ0v) is 20.1. The summed E-state index contributed by atoms with van der Waals surface area (Å²) in [6.45, 7) is 5.84. The normalized spacial score (nSPS) is 23.4. The molecule has 8 nitrogen and oxygen atoms in total. The van der Waals surface area contributed by atoms with E-state index in [2.05, 4.69) is 20.5 Å². The maximum atomic E-state index is 13.5. The second kappa shape index (κ2) is 10.2. The summed E-state index contributed by atoms with van der Waals surface area (Å²) in [7, 11) is 0. The van der Waals surface area contributed by atoms with Crippen molar-refractivity contribution in [1.82, 2.24) is 20.5 Å². The van der Waals surface area contributed by atoms with Gasteiger partial charge in [0.15, 0.2) is 0 Å². The van der Waals surface area contributed by atoms with E-state index < -0.39 is 11.4 Å². The van der Waals surface area contributed by atoms with Crippen molar-refractivity contribution in [3.05, 3.63) is 58.6 Å². The van der Waals surface area contributed by atoms with Crippen LogP contribution in [0.15, 0.2) is 36.5 Å². The van der Waals surface area contributed by atoms with Gasteiger partial charge >= 0.3 is 0 Å². The monoisotopic (exact) mass is 489 g/mol. The molecule has 2 amide bonds. The molecule has 0 saturated carbocycles. The minimum absolute atomic E-state index is 0.0251. The first kappa shape index (κ1) is 24.4. The fraction of sp³-hybridized carbons (Fsp3) is 0.458. The molecule has 1 unspecified atom stereocenters. The number of halogens is 2. The molecule has 4 rings (SSSR count). The Morgan fingerprint density at radius 1 is 1.29 bits per heavy atom. The number of piperazine rings is 1. The number of hydrogen-bond donors (Lipinski definition) is 2. The number of pyridine rings is 1. The molecule has 2 aliphatic rings. The molecule has 2 N–H and O–H groups in total. The molecule has 2 fully saturated rings. The second-order valence-electron chi connectivity index (χ2n) is 8.75. The number of anilines is 1. The zero-order chi connectivity index (χ0) is 24.3. The van der Waals surface area contributed by atoms with Gasteiger partial charge in [-0.15, -0.1) is 0 Å². The molecule has 3 heterocycles. The summed E-state index contributed by atoms with van der Waals surface area (Å²) in [6.07, 6.45) is 2.13. The van der Waals surface area contributed by atoms with Crippen LogP contribution in [0.4, 0.5) is 10.1 Å². The van der Waals surface area contributed by atoms with Crippen LogP contribution in [0.1, 0.15) is 31.0 Å². The van der Waals surface area contributed by atoms with Crippen LogP contribution in [-0.2, 0) is 19.9 Å². The third-order valence-corrected chi connectivity index (χ3v) is 6.82. The third kappa shape index (κ3) is 5.01. The Bertz CT molecular complexity index is 1050. The summed E-state index contributed by atoms with van der Waals surface area (Å²) in [4.78, 5) is 34.5. The van der Waals surface area contributed by atoms with Crippen molar-refractivity contribution in [2.45, 2.75) is 38.3 Å². The molecule has 0 bridgehead atoms. The van der Waals surface area contributed by atoms with Crippen LogP contribution in [0.2, 0.25) is 5.02 Å². The third-order valence-electron chi connectivity index (χ3n) is 6.53. The summed E-state index contributed by atoms with van der Waals surface area (Å²) < 4.78 is 18.9. The number of aryl methyl sites for hydroxylation is 1. The molecular weight excluding hydrogens is 461 g/mol. The molecule has 1 aromatic carbocycles. The van der Waals surface area contributed by atoms with E-state index in [0.717, 1.165) is 11.4 Å². The standard InChI is InChI=1S/C24H29ClFN5O3/c1-16-3-4-18(12-27-16)24(23(33)28-14-34-15-29-24)8-7-22(32)30-9-10-31(17(2)13-30)19-5-6-21(26)20(25)11-19/h3-6,11-12,17,29H,7-10,13-15H2,1-2H3,(H,28,33)/t17-,24?/m0/s1. The number of nitrogens with zero attached hydrogens (tertiary/aromatic N) is 3. The van der Waals surface area contributed by atoms with Crippen molar-refractivity contribution in [3.8, 4) is 0 Å². The number of carbonyl (C=O) groups is 2. The summed E-state index contributed by atoms with van der Waals surface area (Å²) >= 11 is 5.95. The van der Waals surface area contributed by atoms with E-state index in [0.29, 0.717) is 25.2 Å². The summed E-state index contributed by atoms with van der Waals surface area (Å²) in [5, 5.41) is 6.04. The van der Waals surface area contributed by atoms with E-state index >= 15 is 0 Å². The van der Waals surface area contributed by atoms with Gasteiger partial charge in [0.05, 0.1) is 11.8 Å². The minimum atomic E-state index is -1.11. The van der Waals surface area contributed by atoms with Crippen LogP contribution in [0.25, 0.3) is 0 Å². The molecular formula is C24H29ClFN5O3. The SMILES string of the molecule is Cc1ccc(C2(CCC(=O)N3CCN(c4ccc(F)c(Cl)c4)[C@@H](C)C3)NCOCNC2=O)cn1. The Kier molecular flexibility index (Phi) is 7.35. The van der Waals surface area contributed by atoms with Crippen LogP contribution in [-0.4, -0.2) is 60.8 Å². The lowest BCUT2D eigenvalue weighted by atomic mass is 9.85. The highest BCUT2D eigenvalue weighted by molar-refractivity contribution is 6.31. The molecule has 0 aliphatic carbocycles. The number of aromatic nitrogens is 1. The largest absolute Gasteiger partial charge is 0.365 e. The zero-order valence-electron chi connectivity index (χ0n) is 19.3. The van der Waals surface area contributed by atoms with Crippen LogP contribution in [0.5, 0.6) is 0 Å². The molecule has 34 heavy (non-hydrogen) atoms. The van der Waals surface area contributed by atoms with Gasteiger partial charge in [-0.2, -0.15) is 0 Å². The van der Waals surface area contributed by atoms with E-state index in [1.54, 1.807) is 18.3 Å². The average Bonchev–Trinajstić information content (AvgIpc) is 3.01. The van der Waals surface area contributed by atoms with Gasteiger partial charge in [-0.3, -0.25) is 19.9 Å². The molecule has 2 aliphatic heterocycles. The topological polar surface area (TPSA) is 86.8 Å². The molecule has 2 saturated heterocycles. The van der Waals surface area contributed by atoms with Gasteiger partial charge in [-0.1, -0.05) is 17.7 Å². The summed E-state index contributed by atoms with van der Waals surface area (Å²) in [5.74, 6) is -0.719. The van der Waals surface area contributed by atoms with Crippen molar-refractivity contribution in [2.24, 2.45) is 0 Å². The van der Waals surface area contributed by atoms with Crippen molar-refractivity contribution < 1.29 is 18.7 Å². The van der Waals surface area contributed by atoms with Crippen LogP contribution in [0, 0.1) is 12.7 Å². The minimum Gasteiger partial charge on any atom is -0.365 e. The first-order chi connectivity index (χ1) is 16.3. The molecule has 0 radical (unpaired) electrons. The highest BCUT2D eigenvalue weighted by Gasteiger charge is 2.42. The fourth-order valence-corrected chi connectivity index (χ4v) is 4.73. The van der Waals surface area contributed by atoms with Crippen LogP contribution in [0.3, 0.4) is 0 Å². The van der Waals surface area contributed by atoms with E-state index in [4.69, 9.17) is 16.3 Å². The Morgan fingerprint density at radius 3 is 2.82 bits per heavy atom. The van der Waals surface area contributed by atoms with Crippen LogP contribution < -0.4 is 15.5 Å². The van der Waals surface area contributed by atoms with Gasteiger partial charge in [-0.25, -0.2) is 4.39 Å². The number of carbonyl (C=O) groups excluding carboxylic acids is 2. The van der Waals surface area contributed by atoms with Gasteiger partial charge in [0.25, 0.3) is 0 Å². The second-order valence-corrected chi connectivity index (χ2v) is 9.16. The molecule has 2 aromatic rings. The number of amides is 2. The van der Waals surface area contributed by atoms with E-state index in [1.807, 2.05) is 30.9 Å². The Balaban J connectivity index is 1.44. The van der Waals surface area contributed by atoms with Gasteiger partial charge in [0.1, 0.15) is 18.1 Å². The first-order valence-electron chi connectivity index (χ1n) is 11.3. The smallest absolute Gasteiger partial charge is 0.246 e. The first-order valence-corrected chi connectivity index (χ1v) is 11.7. The highest BCUT2D eigenvalue weighted by Crippen LogP contribution is 2.30.